The molecule has 0 aliphatic heterocycles. The zero-order valence-electron chi connectivity index (χ0n) is 15.5. The second kappa shape index (κ2) is 6.34. The van der Waals surface area contributed by atoms with E-state index in [1.807, 2.05) is 54.4 Å². The molecule has 144 valence electrons. The Hall–Kier alpha value is -3.86. The van der Waals surface area contributed by atoms with Crippen LogP contribution in [0.5, 0.6) is 0 Å². The third-order valence-electron chi connectivity index (χ3n) is 4.76. The Bertz CT molecular complexity index is 1410. The first-order chi connectivity index (χ1) is 14.1. The molecule has 0 aliphatic rings. The number of hydrogen-bond donors (Lipinski definition) is 1. The molecule has 0 spiro atoms. The van der Waals surface area contributed by atoms with Gasteiger partial charge in [0.05, 0.1) is 16.9 Å². The minimum absolute atomic E-state index is 0.140. The molecule has 4 aromatic heterocycles. The van der Waals surface area contributed by atoms with Crippen LogP contribution >= 0.6 is 11.3 Å². The molecular formula is C18H15N9OS. The summed E-state index contributed by atoms with van der Waals surface area (Å²) in [5.74, 6) is 0.604. The molecule has 0 unspecified atom stereocenters. The van der Waals surface area contributed by atoms with Gasteiger partial charge in [-0.2, -0.15) is 14.6 Å². The minimum Gasteiger partial charge on any atom is -0.382 e. The SMILES string of the molecule is Cc1c(-c2csc(-c3nnc4ncnn4c3N)n2)c(=O)n(-c2ccccc2)n1C. The smallest absolute Gasteiger partial charge is 0.281 e. The van der Waals surface area contributed by atoms with Gasteiger partial charge in [-0.05, 0) is 19.1 Å². The molecule has 0 saturated heterocycles. The van der Waals surface area contributed by atoms with Crippen LogP contribution in [0.4, 0.5) is 5.82 Å². The fraction of sp³-hybridized carbons (Fsp3) is 0.111. The summed E-state index contributed by atoms with van der Waals surface area (Å²) in [5.41, 5.74) is 9.12. The Morgan fingerprint density at radius 2 is 1.93 bits per heavy atom. The highest BCUT2D eigenvalue weighted by Gasteiger charge is 2.22. The summed E-state index contributed by atoms with van der Waals surface area (Å²) in [6.07, 6.45) is 1.36. The van der Waals surface area contributed by atoms with Crippen molar-refractivity contribution in [3.63, 3.8) is 0 Å². The Morgan fingerprint density at radius 3 is 2.72 bits per heavy atom. The van der Waals surface area contributed by atoms with E-state index >= 15 is 0 Å². The summed E-state index contributed by atoms with van der Waals surface area (Å²) in [5, 5.41) is 14.6. The fourth-order valence-corrected chi connectivity index (χ4v) is 4.03. The van der Waals surface area contributed by atoms with E-state index in [9.17, 15) is 4.79 Å². The van der Waals surface area contributed by atoms with Gasteiger partial charge in [0.25, 0.3) is 11.3 Å². The average Bonchev–Trinajstić information content (AvgIpc) is 3.43. The van der Waals surface area contributed by atoms with Gasteiger partial charge in [0.2, 0.25) is 0 Å². The molecule has 0 bridgehead atoms. The topological polar surface area (TPSA) is 122 Å². The third kappa shape index (κ3) is 2.55. The van der Waals surface area contributed by atoms with E-state index in [0.717, 1.165) is 11.4 Å². The molecule has 5 rings (SSSR count). The van der Waals surface area contributed by atoms with Crippen LogP contribution in [0.2, 0.25) is 0 Å². The van der Waals surface area contributed by atoms with Crippen molar-refractivity contribution in [2.45, 2.75) is 6.92 Å². The standard InChI is InChI=1S/C18H15N9OS/c1-10-13(17(28)27(25(10)2)11-6-4-3-5-7-11)12-8-29-16(22-12)14-15(19)26-18(24-23-14)20-9-21-26/h3-9H,19H2,1-2H3. The zero-order valence-corrected chi connectivity index (χ0v) is 16.3. The minimum atomic E-state index is -0.140. The second-order valence-electron chi connectivity index (χ2n) is 6.38. The number of nitrogen functional groups attached to an aromatic ring is 1. The van der Waals surface area contributed by atoms with E-state index in [4.69, 9.17) is 5.73 Å². The Balaban J connectivity index is 1.64. The molecule has 1 aromatic carbocycles. The normalized spacial score (nSPS) is 11.4. The summed E-state index contributed by atoms with van der Waals surface area (Å²) in [7, 11) is 1.85. The van der Waals surface area contributed by atoms with Crippen molar-refractivity contribution in [3.8, 4) is 27.6 Å². The van der Waals surface area contributed by atoms with Crippen LogP contribution in [0, 0.1) is 6.92 Å². The van der Waals surface area contributed by atoms with Gasteiger partial charge >= 0.3 is 0 Å². The molecule has 11 heteroatoms. The molecule has 10 nitrogen and oxygen atoms in total. The lowest BCUT2D eigenvalue weighted by Crippen LogP contribution is -2.20. The number of aromatic nitrogens is 8. The number of fused-ring (bicyclic) bond motifs is 1. The summed E-state index contributed by atoms with van der Waals surface area (Å²) in [6.45, 7) is 1.89. The van der Waals surface area contributed by atoms with Crippen LogP contribution in [-0.4, -0.2) is 39.1 Å². The highest BCUT2D eigenvalue weighted by atomic mass is 32.1. The number of nitrogens with zero attached hydrogens (tertiary/aromatic N) is 8. The molecule has 0 atom stereocenters. The monoisotopic (exact) mass is 405 g/mol. The van der Waals surface area contributed by atoms with E-state index in [1.54, 1.807) is 4.68 Å². The van der Waals surface area contributed by atoms with Gasteiger partial charge in [-0.15, -0.1) is 21.5 Å². The van der Waals surface area contributed by atoms with Crippen molar-refractivity contribution in [2.24, 2.45) is 7.05 Å². The van der Waals surface area contributed by atoms with Gasteiger partial charge in [-0.25, -0.2) is 9.67 Å². The predicted octanol–water partition coefficient (Wildman–Crippen LogP) is 1.69. The molecule has 5 aromatic rings. The quantitative estimate of drug-likeness (QED) is 0.485. The molecule has 0 saturated carbocycles. The van der Waals surface area contributed by atoms with Crippen LogP contribution in [0.25, 0.3) is 33.4 Å². The van der Waals surface area contributed by atoms with Crippen molar-refractivity contribution >= 4 is 22.9 Å². The lowest BCUT2D eigenvalue weighted by molar-refractivity contribution is 0.630. The molecule has 0 fully saturated rings. The maximum Gasteiger partial charge on any atom is 0.281 e. The van der Waals surface area contributed by atoms with Gasteiger partial charge in [0, 0.05) is 18.1 Å². The summed E-state index contributed by atoms with van der Waals surface area (Å²) in [6, 6.07) is 9.48. The third-order valence-corrected chi connectivity index (χ3v) is 5.61. The summed E-state index contributed by atoms with van der Waals surface area (Å²) < 4.78 is 4.85. The van der Waals surface area contributed by atoms with E-state index in [-0.39, 0.29) is 5.56 Å². The molecule has 4 heterocycles. The van der Waals surface area contributed by atoms with E-state index in [2.05, 4.69) is 25.3 Å². The summed E-state index contributed by atoms with van der Waals surface area (Å²) >= 11 is 1.34. The van der Waals surface area contributed by atoms with Crippen LogP contribution in [0.3, 0.4) is 0 Å². The van der Waals surface area contributed by atoms with E-state index in [1.165, 1.54) is 22.2 Å². The number of nitrogens with two attached hydrogens (primary N) is 1. The van der Waals surface area contributed by atoms with Crippen molar-refractivity contribution in [1.82, 2.24) is 39.1 Å². The molecule has 29 heavy (non-hydrogen) atoms. The van der Waals surface area contributed by atoms with Crippen LogP contribution in [-0.2, 0) is 7.05 Å². The van der Waals surface area contributed by atoms with Crippen molar-refractivity contribution in [2.75, 3.05) is 5.73 Å². The molecule has 0 aliphatic carbocycles. The van der Waals surface area contributed by atoms with Crippen molar-refractivity contribution in [1.29, 1.82) is 0 Å². The number of benzene rings is 1. The first-order valence-corrected chi connectivity index (χ1v) is 9.56. The van der Waals surface area contributed by atoms with Crippen LogP contribution in [0.1, 0.15) is 5.69 Å². The summed E-state index contributed by atoms with van der Waals surface area (Å²) in [4.78, 5) is 21.8. The number of rotatable bonds is 3. The van der Waals surface area contributed by atoms with Crippen LogP contribution < -0.4 is 11.3 Å². The van der Waals surface area contributed by atoms with Crippen LogP contribution in [0.15, 0.2) is 46.8 Å². The first-order valence-electron chi connectivity index (χ1n) is 8.68. The van der Waals surface area contributed by atoms with E-state index in [0.29, 0.717) is 33.6 Å². The zero-order chi connectivity index (χ0) is 20.1. The highest BCUT2D eigenvalue weighted by molar-refractivity contribution is 7.13. The largest absolute Gasteiger partial charge is 0.382 e. The number of hydrogen-bond acceptors (Lipinski definition) is 8. The maximum atomic E-state index is 13.2. The van der Waals surface area contributed by atoms with Crippen molar-refractivity contribution < 1.29 is 0 Å². The lowest BCUT2D eigenvalue weighted by Gasteiger charge is -2.07. The molecule has 2 N–H and O–H groups in total. The Morgan fingerprint density at radius 1 is 1.14 bits per heavy atom. The molecule has 0 amide bonds. The molecular weight excluding hydrogens is 390 g/mol. The van der Waals surface area contributed by atoms with E-state index < -0.39 is 0 Å². The van der Waals surface area contributed by atoms with Gasteiger partial charge < -0.3 is 5.73 Å². The van der Waals surface area contributed by atoms with Gasteiger partial charge in [0.1, 0.15) is 11.3 Å². The Kier molecular flexibility index (Phi) is 3.77. The fourth-order valence-electron chi connectivity index (χ4n) is 3.23. The van der Waals surface area contributed by atoms with Gasteiger partial charge in [-0.3, -0.25) is 9.48 Å². The second-order valence-corrected chi connectivity index (χ2v) is 7.24. The van der Waals surface area contributed by atoms with Gasteiger partial charge in [0.15, 0.2) is 11.5 Å². The van der Waals surface area contributed by atoms with Gasteiger partial charge in [-0.1, -0.05) is 18.2 Å². The Labute approximate surface area is 167 Å². The maximum absolute atomic E-state index is 13.2. The number of anilines is 1. The predicted molar refractivity (Wildman–Crippen MR) is 109 cm³/mol. The average molecular weight is 405 g/mol. The molecule has 0 radical (unpaired) electrons. The lowest BCUT2D eigenvalue weighted by atomic mass is 10.2. The first kappa shape index (κ1) is 17.3. The number of thiazole rings is 1. The van der Waals surface area contributed by atoms with Crippen molar-refractivity contribution in [3.05, 3.63) is 58.1 Å². The highest BCUT2D eigenvalue weighted by Crippen LogP contribution is 2.30. The number of para-hydroxylation sites is 1.